The predicted octanol–water partition coefficient (Wildman–Crippen LogP) is 6.28. The summed E-state index contributed by atoms with van der Waals surface area (Å²) in [4.78, 5) is 40.3. The molecule has 72 heavy (non-hydrogen) atoms. The largest absolute Gasteiger partial charge is 1.00 e. The molecule has 0 spiro atoms. The van der Waals surface area contributed by atoms with Gasteiger partial charge >= 0.3 is 29.6 Å². The summed E-state index contributed by atoms with van der Waals surface area (Å²) in [5, 5.41) is 21.9. The van der Waals surface area contributed by atoms with Crippen molar-refractivity contribution in [3.63, 3.8) is 0 Å². The Morgan fingerprint density at radius 2 is 1.18 bits per heavy atom. The molecule has 5 N–H and O–H groups in total. The van der Waals surface area contributed by atoms with Crippen LogP contribution in [0, 0.1) is 11.6 Å². The van der Waals surface area contributed by atoms with Crippen LogP contribution in [0.4, 0.5) is 20.4 Å². The van der Waals surface area contributed by atoms with Crippen molar-refractivity contribution in [3.05, 3.63) is 108 Å². The first-order valence-electron chi connectivity index (χ1n) is 23.9. The normalized spacial score (nSPS) is 15.0. The zero-order chi connectivity index (χ0) is 50.0. The van der Waals surface area contributed by atoms with Crippen molar-refractivity contribution < 1.29 is 58.8 Å². The van der Waals surface area contributed by atoms with E-state index >= 15 is 0 Å². The number of fused-ring (bicyclic) bond motifs is 4. The molecule has 20 heteroatoms. The van der Waals surface area contributed by atoms with Crippen LogP contribution in [0.3, 0.4) is 0 Å². The van der Waals surface area contributed by atoms with Crippen molar-refractivity contribution in [2.45, 2.75) is 90.4 Å². The fourth-order valence-corrected chi connectivity index (χ4v) is 9.13. The fraction of sp³-hybridized carbons (Fsp3) is 0.385. The van der Waals surface area contributed by atoms with E-state index in [9.17, 15) is 18.4 Å². The Balaban J connectivity index is 0.000000211. The molecule has 2 aliphatic rings. The average molecular weight is 1060 g/mol. The van der Waals surface area contributed by atoms with Gasteiger partial charge in [0.05, 0.1) is 34.8 Å². The monoisotopic (exact) mass is 1060 g/mol. The number of Topliss-reactive ketones (excluding diaryl/α,β-unsaturated/α-hetero) is 2. The van der Waals surface area contributed by atoms with Gasteiger partial charge in [-0.2, -0.15) is 19.2 Å². The first-order chi connectivity index (χ1) is 34.3. The van der Waals surface area contributed by atoms with Gasteiger partial charge in [-0.3, -0.25) is 19.6 Å². The van der Waals surface area contributed by atoms with Crippen molar-refractivity contribution >= 4 is 72.2 Å². The number of carbonyl (C=O) groups excluding carboxylic acids is 2. The minimum absolute atomic E-state index is 0. The van der Waals surface area contributed by atoms with Crippen LogP contribution >= 0.6 is 15.9 Å². The molecule has 2 atom stereocenters. The third-order valence-electron chi connectivity index (χ3n) is 12.5. The number of pyridine rings is 2. The standard InChI is InChI=1S/C26H29FN6O2.C22H23FN6O.C4H7BrO.Na.H/c1-16(34)5-8-28-25-13-24(17(2)31-21-6-9-35-10-7-21)32-26-22(15-30-33(25)26)19-11-18-12-20(27)3-4-23(18)29-14-19;1-13(27-17-4-6-30-7-5-17)20-10-21(24)29-22(28-20)18(12-26-29)15-8-14-9-16(23)2-3-19(14)25-11-15;1-4(6)2-3-5;;/h3-4,11-15,17,21,28,31H,5-10H2,1-2H3;2-3,8-13,17,27H,4-7,24H2,1H3;2-3H2,1H3;;/q;;;+1;-1. The number of rotatable bonds is 14. The van der Waals surface area contributed by atoms with Crippen LogP contribution in [0.2, 0.25) is 0 Å². The number of halogens is 3. The topological polar surface area (TPSA) is 201 Å². The Hall–Kier alpha value is -5.38. The fourth-order valence-electron chi connectivity index (χ4n) is 8.57. The van der Waals surface area contributed by atoms with E-state index in [2.05, 4.69) is 65.9 Å². The van der Waals surface area contributed by atoms with Gasteiger partial charge in [-0.1, -0.05) is 15.9 Å². The molecule has 0 radical (unpaired) electrons. The van der Waals surface area contributed by atoms with E-state index in [4.69, 9.17) is 25.2 Å². The van der Waals surface area contributed by atoms with E-state index in [1.165, 1.54) is 24.3 Å². The maximum absolute atomic E-state index is 13.8. The zero-order valence-electron chi connectivity index (χ0n) is 42.3. The molecule has 2 fully saturated rings. The Labute approximate surface area is 448 Å². The number of hydrogen-bond donors (Lipinski definition) is 4. The van der Waals surface area contributed by atoms with Crippen molar-refractivity contribution in [2.24, 2.45) is 0 Å². The summed E-state index contributed by atoms with van der Waals surface area (Å²) in [7, 11) is 0. The molecule has 2 aromatic carbocycles. The molecule has 16 nitrogen and oxygen atoms in total. The SMILES string of the molecule is CC(=O)CCBr.CC(=O)CCNc1cc(C(C)NC2CCOCC2)nc2c(-c3cnc4ccc(F)cc4c3)cnn12.CC(NC1CCOCC1)c1cc(N)n2ncc(-c3cnc4ccc(F)cc4c3)c2n1.[H-].[Na+]. The first-order valence-corrected chi connectivity index (χ1v) is 25.1. The number of ether oxygens (including phenoxy) is 2. The molecule has 6 aromatic heterocycles. The van der Waals surface area contributed by atoms with Gasteiger partial charge in [0.2, 0.25) is 0 Å². The summed E-state index contributed by atoms with van der Waals surface area (Å²) >= 11 is 3.13. The van der Waals surface area contributed by atoms with Crippen LogP contribution < -0.4 is 51.2 Å². The summed E-state index contributed by atoms with van der Waals surface area (Å²) in [6.45, 7) is 10.9. The molecular formula is C52H60BrF2N12NaO4. The second-order valence-corrected chi connectivity index (χ2v) is 18.7. The maximum Gasteiger partial charge on any atom is 1.00 e. The maximum atomic E-state index is 13.8. The predicted molar refractivity (Wildman–Crippen MR) is 277 cm³/mol. The minimum atomic E-state index is -0.304. The molecule has 0 amide bonds. The van der Waals surface area contributed by atoms with Gasteiger partial charge in [-0.15, -0.1) is 0 Å². The van der Waals surface area contributed by atoms with E-state index in [1.54, 1.807) is 59.8 Å². The van der Waals surface area contributed by atoms with Crippen molar-refractivity contribution in [1.82, 2.24) is 49.8 Å². The Kier molecular flexibility index (Phi) is 19.3. The molecular weight excluding hydrogens is 998 g/mol. The molecule has 0 aliphatic carbocycles. The molecule has 2 saturated heterocycles. The average Bonchev–Trinajstić information content (AvgIpc) is 4.00. The summed E-state index contributed by atoms with van der Waals surface area (Å²) in [6.07, 6.45) is 12.0. The van der Waals surface area contributed by atoms with Crippen molar-refractivity contribution in [3.8, 4) is 22.3 Å². The van der Waals surface area contributed by atoms with Gasteiger partial charge in [-0.05, 0) is 102 Å². The molecule has 0 bridgehead atoms. The minimum Gasteiger partial charge on any atom is -1.00 e. The van der Waals surface area contributed by atoms with Crippen LogP contribution in [0.5, 0.6) is 0 Å². The van der Waals surface area contributed by atoms with Crippen LogP contribution in [-0.2, 0) is 19.1 Å². The third kappa shape index (κ3) is 13.8. The number of nitrogens with one attached hydrogen (secondary N) is 3. The van der Waals surface area contributed by atoms with E-state index in [-0.39, 0.29) is 66.3 Å². The molecule has 0 saturated carbocycles. The summed E-state index contributed by atoms with van der Waals surface area (Å²) in [5.74, 6) is 1.04. The van der Waals surface area contributed by atoms with Gasteiger partial charge in [0, 0.05) is 133 Å². The molecule has 8 aromatic rings. The number of alkyl halides is 1. The second-order valence-electron chi connectivity index (χ2n) is 18.0. The second kappa shape index (κ2) is 25.5. The number of nitrogen functional groups attached to an aromatic ring is 1. The summed E-state index contributed by atoms with van der Waals surface area (Å²) < 4.78 is 41.8. The quantitative estimate of drug-likeness (QED) is 0.0701. The molecule has 10 rings (SSSR count). The number of nitrogens with two attached hydrogens (primary N) is 1. The number of carbonyl (C=O) groups is 2. The van der Waals surface area contributed by atoms with Crippen molar-refractivity contribution in [2.75, 3.05) is 49.4 Å². The number of benzene rings is 2. The zero-order valence-corrected chi connectivity index (χ0v) is 44.9. The van der Waals surface area contributed by atoms with Crippen LogP contribution in [-0.4, -0.2) is 101 Å². The number of ketones is 2. The van der Waals surface area contributed by atoms with Gasteiger partial charge in [0.1, 0.15) is 34.8 Å². The number of anilines is 2. The van der Waals surface area contributed by atoms with Gasteiger partial charge in [0.15, 0.2) is 11.3 Å². The Bertz CT molecular complexity index is 3150. The summed E-state index contributed by atoms with van der Waals surface area (Å²) in [6, 6.07) is 17.6. The number of aromatic nitrogens is 8. The number of nitrogens with zero attached hydrogens (tertiary/aromatic N) is 8. The third-order valence-corrected chi connectivity index (χ3v) is 12.8. The van der Waals surface area contributed by atoms with Crippen LogP contribution in [0.1, 0.15) is 91.1 Å². The van der Waals surface area contributed by atoms with Crippen molar-refractivity contribution in [1.29, 1.82) is 0 Å². The van der Waals surface area contributed by atoms with E-state index in [0.717, 1.165) is 113 Å². The molecule has 8 heterocycles. The van der Waals surface area contributed by atoms with Crippen LogP contribution in [0.25, 0.3) is 55.4 Å². The van der Waals surface area contributed by atoms with Gasteiger partial charge in [0.25, 0.3) is 0 Å². The Morgan fingerprint density at radius 1 is 0.708 bits per heavy atom. The van der Waals surface area contributed by atoms with E-state index in [0.29, 0.717) is 54.0 Å². The van der Waals surface area contributed by atoms with E-state index in [1.807, 2.05) is 24.3 Å². The van der Waals surface area contributed by atoms with Gasteiger partial charge in [-0.25, -0.2) is 18.7 Å². The number of hydrogen-bond acceptors (Lipinski definition) is 14. The summed E-state index contributed by atoms with van der Waals surface area (Å²) in [5.41, 5.74) is 14.0. The smallest absolute Gasteiger partial charge is 1.00 e. The molecule has 2 aliphatic heterocycles. The first kappa shape index (κ1) is 54.4. The molecule has 2 unspecified atom stereocenters. The molecule has 374 valence electrons. The van der Waals surface area contributed by atoms with E-state index < -0.39 is 0 Å². The van der Waals surface area contributed by atoms with Gasteiger partial charge < -0.3 is 32.6 Å². The Morgan fingerprint density at radius 3 is 1.65 bits per heavy atom. The van der Waals surface area contributed by atoms with Crippen LogP contribution in [0.15, 0.2) is 85.5 Å².